The molecule has 0 saturated heterocycles. The average molecular weight is 284 g/mol. The van der Waals surface area contributed by atoms with Crippen LogP contribution in [0.5, 0.6) is 11.5 Å². The van der Waals surface area contributed by atoms with E-state index >= 15 is 0 Å². The Bertz CT molecular complexity index is 647. The topological polar surface area (TPSA) is 45.0 Å². The van der Waals surface area contributed by atoms with Crippen molar-refractivity contribution in [2.45, 2.75) is 19.9 Å². The molecule has 0 heterocycles. The molecule has 108 valence electrons. The van der Waals surface area contributed by atoms with Crippen molar-refractivity contribution in [3.05, 3.63) is 59.4 Å². The van der Waals surface area contributed by atoms with Crippen molar-refractivity contribution in [3.63, 3.8) is 0 Å². The second-order valence-corrected chi connectivity index (χ2v) is 4.70. The predicted molar refractivity (Wildman–Crippen MR) is 79.7 cm³/mol. The first-order valence-electron chi connectivity index (χ1n) is 6.85. The SMILES string of the molecule is CCNC(C)c1ccc(Oc2ccc(C#N)c(F)c2)cc1. The maximum absolute atomic E-state index is 13.5. The summed E-state index contributed by atoms with van der Waals surface area (Å²) in [5.41, 5.74) is 1.17. The van der Waals surface area contributed by atoms with Gasteiger partial charge in [-0.05, 0) is 43.3 Å². The van der Waals surface area contributed by atoms with Crippen molar-refractivity contribution in [2.75, 3.05) is 6.54 Å². The lowest BCUT2D eigenvalue weighted by molar-refractivity contribution is 0.475. The summed E-state index contributed by atoms with van der Waals surface area (Å²) in [6.07, 6.45) is 0. The van der Waals surface area contributed by atoms with E-state index in [1.807, 2.05) is 24.3 Å². The molecule has 0 amide bonds. The smallest absolute Gasteiger partial charge is 0.144 e. The molecule has 4 heteroatoms. The zero-order chi connectivity index (χ0) is 15.2. The minimum Gasteiger partial charge on any atom is -0.457 e. The van der Waals surface area contributed by atoms with Crippen LogP contribution in [0.4, 0.5) is 4.39 Å². The van der Waals surface area contributed by atoms with Gasteiger partial charge in [-0.1, -0.05) is 19.1 Å². The van der Waals surface area contributed by atoms with Gasteiger partial charge in [-0.2, -0.15) is 5.26 Å². The molecule has 2 rings (SSSR count). The van der Waals surface area contributed by atoms with Gasteiger partial charge in [-0.3, -0.25) is 0 Å². The lowest BCUT2D eigenvalue weighted by Gasteiger charge is -2.13. The zero-order valence-corrected chi connectivity index (χ0v) is 12.1. The largest absolute Gasteiger partial charge is 0.457 e. The van der Waals surface area contributed by atoms with Crippen molar-refractivity contribution >= 4 is 0 Å². The van der Waals surface area contributed by atoms with Gasteiger partial charge in [0.1, 0.15) is 23.4 Å². The molecule has 0 saturated carbocycles. The molecule has 2 aromatic rings. The van der Waals surface area contributed by atoms with Crippen LogP contribution >= 0.6 is 0 Å². The molecule has 1 atom stereocenters. The van der Waals surface area contributed by atoms with Crippen LogP contribution in [0, 0.1) is 17.1 Å². The highest BCUT2D eigenvalue weighted by Gasteiger charge is 2.06. The number of nitrogens with zero attached hydrogens (tertiary/aromatic N) is 1. The van der Waals surface area contributed by atoms with Crippen LogP contribution in [0.3, 0.4) is 0 Å². The fraction of sp³-hybridized carbons (Fsp3) is 0.235. The third kappa shape index (κ3) is 3.80. The molecular weight excluding hydrogens is 267 g/mol. The maximum Gasteiger partial charge on any atom is 0.144 e. The van der Waals surface area contributed by atoms with Gasteiger partial charge in [0.05, 0.1) is 5.56 Å². The van der Waals surface area contributed by atoms with Gasteiger partial charge in [0.15, 0.2) is 0 Å². The van der Waals surface area contributed by atoms with Crippen LogP contribution in [0.1, 0.15) is 31.0 Å². The monoisotopic (exact) mass is 284 g/mol. The fourth-order valence-corrected chi connectivity index (χ4v) is 2.03. The summed E-state index contributed by atoms with van der Waals surface area (Å²) in [4.78, 5) is 0. The normalized spacial score (nSPS) is 11.7. The summed E-state index contributed by atoms with van der Waals surface area (Å²) in [7, 11) is 0. The van der Waals surface area contributed by atoms with Crippen molar-refractivity contribution in [3.8, 4) is 17.6 Å². The first-order chi connectivity index (χ1) is 10.1. The Morgan fingerprint density at radius 2 is 1.86 bits per heavy atom. The number of nitriles is 1. The molecule has 3 nitrogen and oxygen atoms in total. The van der Waals surface area contributed by atoms with Crippen LogP contribution in [-0.4, -0.2) is 6.54 Å². The van der Waals surface area contributed by atoms with E-state index in [0.29, 0.717) is 11.5 Å². The summed E-state index contributed by atoms with van der Waals surface area (Å²) in [6.45, 7) is 5.06. The van der Waals surface area contributed by atoms with E-state index < -0.39 is 5.82 Å². The molecule has 0 aliphatic rings. The van der Waals surface area contributed by atoms with E-state index in [0.717, 1.165) is 12.1 Å². The second kappa shape index (κ2) is 6.87. The summed E-state index contributed by atoms with van der Waals surface area (Å²) in [5.74, 6) is 0.429. The van der Waals surface area contributed by atoms with Crippen LogP contribution in [0.25, 0.3) is 0 Å². The van der Waals surface area contributed by atoms with Gasteiger partial charge in [-0.25, -0.2) is 4.39 Å². The second-order valence-electron chi connectivity index (χ2n) is 4.70. The third-order valence-electron chi connectivity index (χ3n) is 3.19. The molecule has 1 unspecified atom stereocenters. The zero-order valence-electron chi connectivity index (χ0n) is 12.1. The first kappa shape index (κ1) is 15.0. The number of halogens is 1. The van der Waals surface area contributed by atoms with Gasteiger partial charge >= 0.3 is 0 Å². The van der Waals surface area contributed by atoms with Crippen LogP contribution in [0.2, 0.25) is 0 Å². The quantitative estimate of drug-likeness (QED) is 0.896. The summed E-state index contributed by atoms with van der Waals surface area (Å²) >= 11 is 0. The lowest BCUT2D eigenvalue weighted by Crippen LogP contribution is -2.17. The van der Waals surface area contributed by atoms with E-state index in [1.165, 1.54) is 12.1 Å². The number of hydrogen-bond donors (Lipinski definition) is 1. The summed E-state index contributed by atoms with van der Waals surface area (Å²) in [6, 6.07) is 13.9. The molecule has 0 bridgehead atoms. The average Bonchev–Trinajstić information content (AvgIpc) is 2.48. The van der Waals surface area contributed by atoms with Gasteiger partial charge < -0.3 is 10.1 Å². The minimum atomic E-state index is -0.576. The van der Waals surface area contributed by atoms with Crippen LogP contribution in [-0.2, 0) is 0 Å². The van der Waals surface area contributed by atoms with Crippen molar-refractivity contribution < 1.29 is 9.13 Å². The summed E-state index contributed by atoms with van der Waals surface area (Å²) in [5, 5.41) is 12.0. The van der Waals surface area contributed by atoms with E-state index in [2.05, 4.69) is 19.2 Å². The Morgan fingerprint density at radius 1 is 1.19 bits per heavy atom. The van der Waals surface area contributed by atoms with E-state index in [1.54, 1.807) is 12.1 Å². The predicted octanol–water partition coefficient (Wildman–Crippen LogP) is 4.16. The highest BCUT2D eigenvalue weighted by Crippen LogP contribution is 2.25. The van der Waals surface area contributed by atoms with E-state index in [-0.39, 0.29) is 11.6 Å². The van der Waals surface area contributed by atoms with E-state index in [9.17, 15) is 4.39 Å². The Morgan fingerprint density at radius 3 is 2.43 bits per heavy atom. The molecule has 0 aliphatic heterocycles. The molecule has 21 heavy (non-hydrogen) atoms. The van der Waals surface area contributed by atoms with Gasteiger partial charge in [0.2, 0.25) is 0 Å². The molecule has 0 spiro atoms. The Kier molecular flexibility index (Phi) is 4.91. The van der Waals surface area contributed by atoms with Crippen LogP contribution < -0.4 is 10.1 Å². The summed E-state index contributed by atoms with van der Waals surface area (Å²) < 4.78 is 19.1. The number of rotatable bonds is 5. The molecule has 0 aromatic heterocycles. The standard InChI is InChI=1S/C17H17FN2O/c1-3-20-12(2)13-4-7-15(8-5-13)21-16-9-6-14(11-19)17(18)10-16/h4-10,12,20H,3H2,1-2H3. The molecule has 1 N–H and O–H groups in total. The van der Waals surface area contributed by atoms with Crippen molar-refractivity contribution in [1.29, 1.82) is 5.26 Å². The van der Waals surface area contributed by atoms with Crippen molar-refractivity contribution in [1.82, 2.24) is 5.32 Å². The molecule has 0 fully saturated rings. The highest BCUT2D eigenvalue weighted by molar-refractivity contribution is 5.39. The first-order valence-corrected chi connectivity index (χ1v) is 6.85. The number of hydrogen-bond acceptors (Lipinski definition) is 3. The number of ether oxygens (including phenoxy) is 1. The Balaban J connectivity index is 2.10. The Labute approximate surface area is 124 Å². The van der Waals surface area contributed by atoms with Crippen LogP contribution in [0.15, 0.2) is 42.5 Å². The molecule has 0 radical (unpaired) electrons. The molecule has 2 aromatic carbocycles. The van der Waals surface area contributed by atoms with Gasteiger partial charge in [-0.15, -0.1) is 0 Å². The molecule has 0 aliphatic carbocycles. The number of benzene rings is 2. The Hall–Kier alpha value is -2.38. The highest BCUT2D eigenvalue weighted by atomic mass is 19.1. The number of nitrogens with one attached hydrogen (secondary N) is 1. The molecular formula is C17H17FN2O. The fourth-order valence-electron chi connectivity index (χ4n) is 2.03. The maximum atomic E-state index is 13.5. The van der Waals surface area contributed by atoms with Crippen molar-refractivity contribution in [2.24, 2.45) is 0 Å². The van der Waals surface area contributed by atoms with Gasteiger partial charge in [0, 0.05) is 12.1 Å². The van der Waals surface area contributed by atoms with Gasteiger partial charge in [0.25, 0.3) is 0 Å². The minimum absolute atomic E-state index is 0.0113. The lowest BCUT2D eigenvalue weighted by atomic mass is 10.1. The third-order valence-corrected chi connectivity index (χ3v) is 3.19. The van der Waals surface area contributed by atoms with E-state index in [4.69, 9.17) is 10.00 Å².